The Kier molecular flexibility index (Phi) is 9.95. The summed E-state index contributed by atoms with van der Waals surface area (Å²) >= 11 is 6.75. The quantitative estimate of drug-likeness (QED) is 0.0860. The van der Waals surface area contributed by atoms with Gasteiger partial charge in [-0.2, -0.15) is 0 Å². The maximum Gasteiger partial charge on any atom is 0.159 e. The van der Waals surface area contributed by atoms with Gasteiger partial charge < -0.3 is 5.73 Å². The maximum atomic E-state index is 10.7. The number of rotatable bonds is 3. The highest BCUT2D eigenvalue weighted by Crippen LogP contribution is 2.28. The number of benzene rings is 6. The Morgan fingerprint density at radius 3 is 1.80 bits per heavy atom. The molecular formula is C38H28Br2N2O2. The molecule has 0 saturated carbocycles. The van der Waals surface area contributed by atoms with Gasteiger partial charge in [-0.1, -0.05) is 129 Å². The molecule has 0 bridgehead atoms. The average Bonchev–Trinajstić information content (AvgIpc) is 3.06. The number of hydrogen-bond acceptors (Lipinski definition) is 4. The van der Waals surface area contributed by atoms with Gasteiger partial charge in [-0.15, -0.1) is 0 Å². The molecule has 0 fully saturated rings. The first kappa shape index (κ1) is 30.8. The van der Waals surface area contributed by atoms with Crippen LogP contribution in [-0.4, -0.2) is 17.1 Å². The number of carbonyl (C=O) groups is 2. The van der Waals surface area contributed by atoms with Crippen LogP contribution < -0.4 is 5.73 Å². The molecule has 0 radical (unpaired) electrons. The number of nitrogens with two attached hydrogens (primary N) is 1. The van der Waals surface area contributed by atoms with E-state index in [0.717, 1.165) is 48.3 Å². The molecule has 1 heterocycles. The van der Waals surface area contributed by atoms with E-state index in [1.54, 1.807) is 25.1 Å². The molecule has 2 N–H and O–H groups in total. The summed E-state index contributed by atoms with van der Waals surface area (Å²) in [6.45, 7) is 1.56. The summed E-state index contributed by atoms with van der Waals surface area (Å²) in [5.41, 5.74) is 10.9. The Labute approximate surface area is 272 Å². The number of aromatic nitrogens is 1. The van der Waals surface area contributed by atoms with Crippen LogP contribution in [-0.2, 0) is 0 Å². The molecule has 0 aliphatic carbocycles. The van der Waals surface area contributed by atoms with Gasteiger partial charge in [0.1, 0.15) is 0 Å². The van der Waals surface area contributed by atoms with Crippen LogP contribution >= 0.6 is 31.9 Å². The SMILES string of the molecule is Brc1ccc(-c2ccc3ccc4ccccc4c3n2)cc1.CC(=O)c1ccc(Br)cc1.Nc1c(C=O)ccc2ccccc12. The molecule has 0 spiro atoms. The summed E-state index contributed by atoms with van der Waals surface area (Å²) in [5, 5.41) is 5.60. The molecule has 1 aromatic heterocycles. The monoisotopic (exact) mass is 702 g/mol. The van der Waals surface area contributed by atoms with E-state index in [9.17, 15) is 9.59 Å². The lowest BCUT2D eigenvalue weighted by Gasteiger charge is -2.06. The Hall–Kier alpha value is -4.65. The fourth-order valence-electron chi connectivity index (χ4n) is 4.74. The van der Waals surface area contributed by atoms with E-state index in [-0.39, 0.29) is 5.78 Å². The van der Waals surface area contributed by atoms with Crippen LogP contribution in [0.2, 0.25) is 0 Å². The summed E-state index contributed by atoms with van der Waals surface area (Å²) in [7, 11) is 0. The van der Waals surface area contributed by atoms with Crippen molar-refractivity contribution in [2.75, 3.05) is 5.73 Å². The topological polar surface area (TPSA) is 73.1 Å². The van der Waals surface area contributed by atoms with Gasteiger partial charge in [-0.3, -0.25) is 9.59 Å². The minimum atomic E-state index is 0.104. The number of fused-ring (bicyclic) bond motifs is 4. The van der Waals surface area contributed by atoms with Crippen LogP contribution in [0.1, 0.15) is 27.6 Å². The van der Waals surface area contributed by atoms with E-state index >= 15 is 0 Å². The Bertz CT molecular complexity index is 2090. The predicted molar refractivity (Wildman–Crippen MR) is 190 cm³/mol. The number of nitrogen functional groups attached to an aromatic ring is 1. The summed E-state index contributed by atoms with van der Waals surface area (Å²) in [6.07, 6.45) is 0.780. The molecule has 6 heteroatoms. The molecule has 0 amide bonds. The Morgan fingerprint density at radius 2 is 1.16 bits per heavy atom. The van der Waals surface area contributed by atoms with Gasteiger partial charge in [0.2, 0.25) is 0 Å². The molecule has 4 nitrogen and oxygen atoms in total. The number of halogens is 2. The van der Waals surface area contributed by atoms with Crippen molar-refractivity contribution in [3.8, 4) is 11.3 Å². The normalized spacial score (nSPS) is 10.4. The van der Waals surface area contributed by atoms with Crippen molar-refractivity contribution in [2.24, 2.45) is 0 Å². The summed E-state index contributed by atoms with van der Waals surface area (Å²) in [5.74, 6) is 0.104. The number of ketones is 1. The van der Waals surface area contributed by atoms with E-state index in [0.29, 0.717) is 11.3 Å². The second kappa shape index (κ2) is 14.2. The zero-order valence-corrected chi connectivity index (χ0v) is 27.0. The van der Waals surface area contributed by atoms with Crippen LogP contribution in [0.25, 0.3) is 43.7 Å². The van der Waals surface area contributed by atoms with Crippen LogP contribution in [0.4, 0.5) is 5.69 Å². The summed E-state index contributed by atoms with van der Waals surface area (Å²) < 4.78 is 2.08. The minimum Gasteiger partial charge on any atom is -0.398 e. The number of nitrogens with zero attached hydrogens (tertiary/aromatic N) is 1. The summed E-state index contributed by atoms with van der Waals surface area (Å²) in [6, 6.07) is 43.9. The fraction of sp³-hybridized carbons (Fsp3) is 0.0263. The second-order valence-electron chi connectivity index (χ2n) is 10.0. The molecule has 0 aliphatic heterocycles. The molecule has 44 heavy (non-hydrogen) atoms. The molecule has 0 atom stereocenters. The van der Waals surface area contributed by atoms with Gasteiger partial charge in [0.25, 0.3) is 0 Å². The lowest BCUT2D eigenvalue weighted by molar-refractivity contribution is 0.101. The van der Waals surface area contributed by atoms with Crippen LogP contribution in [0, 0.1) is 0 Å². The first-order valence-corrected chi connectivity index (χ1v) is 15.5. The van der Waals surface area contributed by atoms with Crippen molar-refractivity contribution in [1.29, 1.82) is 0 Å². The number of hydrogen-bond donors (Lipinski definition) is 1. The lowest BCUT2D eigenvalue weighted by Crippen LogP contribution is -1.93. The Morgan fingerprint density at radius 1 is 0.636 bits per heavy atom. The molecule has 6 aromatic carbocycles. The van der Waals surface area contributed by atoms with Crippen LogP contribution in [0.15, 0.2) is 142 Å². The van der Waals surface area contributed by atoms with Gasteiger partial charge in [0, 0.05) is 47.5 Å². The molecular weight excluding hydrogens is 676 g/mol. The highest BCUT2D eigenvalue weighted by atomic mass is 79.9. The van der Waals surface area contributed by atoms with E-state index < -0.39 is 0 Å². The predicted octanol–water partition coefficient (Wildman–Crippen LogP) is 10.7. The minimum absolute atomic E-state index is 0.104. The number of Topliss-reactive ketones (excluding diaryl/α,β-unsaturated/α-hetero) is 1. The van der Waals surface area contributed by atoms with Gasteiger partial charge in [0.15, 0.2) is 12.1 Å². The number of carbonyl (C=O) groups excluding carboxylic acids is 2. The summed E-state index contributed by atoms with van der Waals surface area (Å²) in [4.78, 5) is 26.2. The van der Waals surface area contributed by atoms with Gasteiger partial charge in [-0.25, -0.2) is 4.98 Å². The Balaban J connectivity index is 0.000000143. The van der Waals surface area contributed by atoms with E-state index in [4.69, 9.17) is 10.7 Å². The second-order valence-corrected chi connectivity index (χ2v) is 11.9. The molecule has 216 valence electrons. The standard InChI is InChI=1S/C19H12BrN.C11H9NO.C8H7BrO/c20-16-10-7-14(8-11-16)18-12-9-15-6-5-13-3-1-2-4-17(13)19(15)21-18;12-11-9(7-13)6-5-8-3-1-2-4-10(8)11;1-6(10)7-2-4-8(9)5-3-7/h1-12H;1-7H,12H2;2-5H,1H3. The van der Waals surface area contributed by atoms with E-state index in [1.807, 2.05) is 54.6 Å². The zero-order chi connectivity index (χ0) is 31.1. The van der Waals surface area contributed by atoms with Crippen molar-refractivity contribution in [2.45, 2.75) is 6.92 Å². The molecule has 0 saturated heterocycles. The van der Waals surface area contributed by atoms with Crippen molar-refractivity contribution in [1.82, 2.24) is 4.98 Å². The van der Waals surface area contributed by atoms with Crippen molar-refractivity contribution < 1.29 is 9.59 Å². The maximum absolute atomic E-state index is 10.7. The lowest BCUT2D eigenvalue weighted by atomic mass is 10.0. The van der Waals surface area contributed by atoms with Gasteiger partial charge >= 0.3 is 0 Å². The van der Waals surface area contributed by atoms with Gasteiger partial charge in [0.05, 0.1) is 11.2 Å². The molecule has 7 aromatic rings. The van der Waals surface area contributed by atoms with Crippen LogP contribution in [0.5, 0.6) is 0 Å². The molecule has 7 rings (SSSR count). The zero-order valence-electron chi connectivity index (χ0n) is 23.9. The van der Waals surface area contributed by atoms with Crippen molar-refractivity contribution in [3.63, 3.8) is 0 Å². The molecule has 0 aliphatic rings. The van der Waals surface area contributed by atoms with Crippen LogP contribution in [0.3, 0.4) is 0 Å². The fourth-order valence-corrected chi connectivity index (χ4v) is 5.27. The number of anilines is 1. The average molecular weight is 704 g/mol. The third kappa shape index (κ3) is 7.28. The first-order chi connectivity index (χ1) is 21.3. The largest absolute Gasteiger partial charge is 0.398 e. The van der Waals surface area contributed by atoms with Gasteiger partial charge in [-0.05, 0) is 54.1 Å². The van der Waals surface area contributed by atoms with Crippen molar-refractivity contribution >= 4 is 82.1 Å². The smallest absolute Gasteiger partial charge is 0.159 e. The third-order valence-electron chi connectivity index (χ3n) is 7.11. The first-order valence-electron chi connectivity index (χ1n) is 13.9. The van der Waals surface area contributed by atoms with Crippen molar-refractivity contribution in [3.05, 3.63) is 154 Å². The van der Waals surface area contributed by atoms with E-state index in [1.165, 1.54) is 16.2 Å². The third-order valence-corrected chi connectivity index (χ3v) is 8.16. The molecule has 0 unspecified atom stereocenters. The van der Waals surface area contributed by atoms with E-state index in [2.05, 4.69) is 92.5 Å². The number of aldehydes is 1. The number of pyridine rings is 1. The highest BCUT2D eigenvalue weighted by Gasteiger charge is 2.05. The highest BCUT2D eigenvalue weighted by molar-refractivity contribution is 9.10.